The molecule has 0 saturated carbocycles. The summed E-state index contributed by atoms with van der Waals surface area (Å²) in [6, 6.07) is 7.73. The maximum absolute atomic E-state index is 12.2. The molecule has 1 aromatic rings. The number of aryl methyl sites for hydroxylation is 1. The first-order valence-electron chi connectivity index (χ1n) is 8.15. The summed E-state index contributed by atoms with van der Waals surface area (Å²) in [7, 11) is 0. The number of carbonyl (C=O) groups excluding carboxylic acids is 2. The van der Waals surface area contributed by atoms with Crippen LogP contribution in [0, 0.1) is 12.8 Å². The molecule has 4 N–H and O–H groups in total. The molecule has 7 heteroatoms. The fraction of sp³-hybridized carbons (Fsp3) is 0.529. The van der Waals surface area contributed by atoms with E-state index in [1.165, 1.54) is 0 Å². The number of carbonyl (C=O) groups is 2. The lowest BCUT2D eigenvalue weighted by Gasteiger charge is -2.31. The summed E-state index contributed by atoms with van der Waals surface area (Å²) in [4.78, 5) is 26.2. The van der Waals surface area contributed by atoms with E-state index in [9.17, 15) is 9.59 Å². The van der Waals surface area contributed by atoms with Crippen LogP contribution in [0.25, 0.3) is 0 Å². The van der Waals surface area contributed by atoms with Crippen molar-refractivity contribution in [2.75, 3.05) is 38.0 Å². The van der Waals surface area contributed by atoms with Crippen molar-refractivity contribution in [3.8, 4) is 0 Å². The largest absolute Gasteiger partial charge is 0.355 e. The summed E-state index contributed by atoms with van der Waals surface area (Å²) in [5.41, 5.74) is 7.32. The van der Waals surface area contributed by atoms with Crippen molar-refractivity contribution in [1.82, 2.24) is 10.2 Å². The summed E-state index contributed by atoms with van der Waals surface area (Å²) in [6.45, 7) is 4.73. The molecule has 1 saturated heterocycles. The zero-order chi connectivity index (χ0) is 16.7. The summed E-state index contributed by atoms with van der Waals surface area (Å²) in [6.07, 6.45) is 1.80. The van der Waals surface area contributed by atoms with Gasteiger partial charge in [-0.15, -0.1) is 12.4 Å². The lowest BCUT2D eigenvalue weighted by atomic mass is 9.97. The van der Waals surface area contributed by atoms with Crippen LogP contribution in [0.5, 0.6) is 0 Å². The molecule has 0 bridgehead atoms. The average molecular weight is 355 g/mol. The Hall–Kier alpha value is -1.63. The monoisotopic (exact) mass is 354 g/mol. The zero-order valence-electron chi connectivity index (χ0n) is 14.1. The van der Waals surface area contributed by atoms with E-state index in [1.54, 1.807) is 0 Å². The van der Waals surface area contributed by atoms with Crippen molar-refractivity contribution >= 4 is 29.9 Å². The molecule has 2 amide bonds. The highest BCUT2D eigenvalue weighted by atomic mass is 35.5. The Bertz CT molecular complexity index is 553. The molecule has 1 fully saturated rings. The molecule has 1 unspecified atom stereocenters. The van der Waals surface area contributed by atoms with Crippen LogP contribution in [0.2, 0.25) is 0 Å². The van der Waals surface area contributed by atoms with E-state index < -0.39 is 0 Å². The molecular weight excluding hydrogens is 328 g/mol. The third kappa shape index (κ3) is 6.47. The molecule has 1 aromatic carbocycles. The molecule has 0 aliphatic carbocycles. The third-order valence-corrected chi connectivity index (χ3v) is 3.99. The minimum absolute atomic E-state index is 0. The van der Waals surface area contributed by atoms with Gasteiger partial charge in [0.25, 0.3) is 0 Å². The molecule has 0 radical (unpaired) electrons. The Morgan fingerprint density at radius 3 is 2.88 bits per heavy atom. The smallest absolute Gasteiger partial charge is 0.238 e. The number of anilines is 1. The van der Waals surface area contributed by atoms with Crippen molar-refractivity contribution in [1.29, 1.82) is 0 Å². The quantitative estimate of drug-likeness (QED) is 0.715. The van der Waals surface area contributed by atoms with Gasteiger partial charge in [0.05, 0.1) is 12.5 Å². The molecule has 24 heavy (non-hydrogen) atoms. The Morgan fingerprint density at radius 1 is 1.38 bits per heavy atom. The van der Waals surface area contributed by atoms with Gasteiger partial charge in [-0.2, -0.15) is 0 Å². The Balaban J connectivity index is 0.00000288. The van der Waals surface area contributed by atoms with Gasteiger partial charge in [-0.1, -0.05) is 12.1 Å². The summed E-state index contributed by atoms with van der Waals surface area (Å²) < 4.78 is 0. The maximum Gasteiger partial charge on any atom is 0.238 e. The average Bonchev–Trinajstić information content (AvgIpc) is 2.52. The number of nitrogens with zero attached hydrogens (tertiary/aromatic N) is 1. The van der Waals surface area contributed by atoms with E-state index in [-0.39, 0.29) is 30.1 Å². The second-order valence-corrected chi connectivity index (χ2v) is 6.07. The first kappa shape index (κ1) is 20.4. The molecule has 0 spiro atoms. The van der Waals surface area contributed by atoms with Crippen LogP contribution in [0.15, 0.2) is 24.3 Å². The van der Waals surface area contributed by atoms with E-state index in [4.69, 9.17) is 5.73 Å². The van der Waals surface area contributed by atoms with E-state index >= 15 is 0 Å². The molecule has 1 heterocycles. The van der Waals surface area contributed by atoms with Crippen molar-refractivity contribution in [3.63, 3.8) is 0 Å². The standard InChI is InChI=1S/C17H26N4O2.ClH/c1-13-4-2-6-15(10-13)20-16(22)12-21-9-3-5-14(11-21)17(23)19-8-7-18;/h2,4,6,10,14H,3,5,7-9,11-12,18H2,1H3,(H,19,23)(H,20,22);1H. The number of hydrogen-bond acceptors (Lipinski definition) is 4. The summed E-state index contributed by atoms with van der Waals surface area (Å²) in [5.74, 6) is -0.0556. The normalized spacial score (nSPS) is 17.7. The molecule has 1 atom stereocenters. The highest BCUT2D eigenvalue weighted by Crippen LogP contribution is 2.17. The minimum Gasteiger partial charge on any atom is -0.355 e. The molecule has 6 nitrogen and oxygen atoms in total. The lowest BCUT2D eigenvalue weighted by molar-refractivity contribution is -0.127. The van der Waals surface area contributed by atoms with Crippen LogP contribution in [0.4, 0.5) is 5.69 Å². The summed E-state index contributed by atoms with van der Waals surface area (Å²) in [5, 5.41) is 5.74. The van der Waals surface area contributed by atoms with Crippen LogP contribution >= 0.6 is 12.4 Å². The van der Waals surface area contributed by atoms with Gasteiger partial charge in [-0.25, -0.2) is 0 Å². The zero-order valence-corrected chi connectivity index (χ0v) is 14.9. The summed E-state index contributed by atoms with van der Waals surface area (Å²) >= 11 is 0. The number of piperidine rings is 1. The van der Waals surface area contributed by atoms with E-state index in [0.29, 0.717) is 26.2 Å². The second-order valence-electron chi connectivity index (χ2n) is 6.07. The molecule has 2 rings (SSSR count). The van der Waals surface area contributed by atoms with Crippen LogP contribution in [-0.4, -0.2) is 49.4 Å². The Labute approximate surface area is 149 Å². The predicted octanol–water partition coefficient (Wildman–Crippen LogP) is 1.14. The predicted molar refractivity (Wildman–Crippen MR) is 98.3 cm³/mol. The fourth-order valence-corrected chi connectivity index (χ4v) is 2.88. The third-order valence-electron chi connectivity index (χ3n) is 3.99. The number of nitrogens with one attached hydrogen (secondary N) is 2. The molecular formula is C17H27ClN4O2. The minimum atomic E-state index is -0.0536. The van der Waals surface area contributed by atoms with Crippen LogP contribution in [0.1, 0.15) is 18.4 Å². The van der Waals surface area contributed by atoms with E-state index in [0.717, 1.165) is 30.6 Å². The van der Waals surface area contributed by atoms with Crippen molar-refractivity contribution in [3.05, 3.63) is 29.8 Å². The Kier molecular flexibility index (Phi) is 8.74. The fourth-order valence-electron chi connectivity index (χ4n) is 2.88. The van der Waals surface area contributed by atoms with Crippen molar-refractivity contribution in [2.24, 2.45) is 11.7 Å². The van der Waals surface area contributed by atoms with Crippen LogP contribution in [-0.2, 0) is 9.59 Å². The van der Waals surface area contributed by atoms with Gasteiger partial charge < -0.3 is 16.4 Å². The second kappa shape index (κ2) is 10.3. The molecule has 134 valence electrons. The van der Waals surface area contributed by atoms with Crippen LogP contribution in [0.3, 0.4) is 0 Å². The number of hydrogen-bond donors (Lipinski definition) is 3. The number of likely N-dealkylation sites (tertiary alicyclic amines) is 1. The van der Waals surface area contributed by atoms with Gasteiger partial charge in [0.2, 0.25) is 11.8 Å². The number of halogens is 1. The van der Waals surface area contributed by atoms with E-state index in [2.05, 4.69) is 10.6 Å². The highest BCUT2D eigenvalue weighted by molar-refractivity contribution is 5.92. The topological polar surface area (TPSA) is 87.5 Å². The van der Waals surface area contributed by atoms with Crippen molar-refractivity contribution in [2.45, 2.75) is 19.8 Å². The van der Waals surface area contributed by atoms with Gasteiger partial charge in [0.1, 0.15) is 0 Å². The number of nitrogens with two attached hydrogens (primary N) is 1. The molecule has 1 aliphatic rings. The molecule has 0 aromatic heterocycles. The first-order valence-corrected chi connectivity index (χ1v) is 8.15. The Morgan fingerprint density at radius 2 is 2.17 bits per heavy atom. The van der Waals surface area contributed by atoms with Gasteiger partial charge in [-0.3, -0.25) is 14.5 Å². The van der Waals surface area contributed by atoms with E-state index in [1.807, 2.05) is 36.1 Å². The van der Waals surface area contributed by atoms with Gasteiger partial charge in [-0.05, 0) is 44.0 Å². The number of benzene rings is 1. The molecule has 1 aliphatic heterocycles. The van der Waals surface area contributed by atoms with Gasteiger partial charge in [0, 0.05) is 25.3 Å². The maximum atomic E-state index is 12.2. The van der Waals surface area contributed by atoms with Crippen molar-refractivity contribution < 1.29 is 9.59 Å². The van der Waals surface area contributed by atoms with Crippen LogP contribution < -0.4 is 16.4 Å². The lowest BCUT2D eigenvalue weighted by Crippen LogP contribution is -2.46. The SMILES string of the molecule is Cc1cccc(NC(=O)CN2CCCC(C(=O)NCCN)C2)c1.Cl. The van der Waals surface area contributed by atoms with Gasteiger partial charge in [0.15, 0.2) is 0 Å². The number of rotatable bonds is 6. The number of amides is 2. The highest BCUT2D eigenvalue weighted by Gasteiger charge is 2.26. The first-order chi connectivity index (χ1) is 11.1. The van der Waals surface area contributed by atoms with Gasteiger partial charge >= 0.3 is 0 Å².